The fourth-order valence-corrected chi connectivity index (χ4v) is 2.93. The van der Waals surface area contributed by atoms with Gasteiger partial charge in [-0.2, -0.15) is 5.10 Å². The van der Waals surface area contributed by atoms with E-state index in [4.69, 9.17) is 4.42 Å². The predicted molar refractivity (Wildman–Crippen MR) is 79.6 cm³/mol. The van der Waals surface area contributed by atoms with E-state index in [1.807, 2.05) is 23.6 Å². The van der Waals surface area contributed by atoms with Gasteiger partial charge in [-0.15, -0.1) is 11.3 Å². The molecule has 0 aliphatic rings. The normalized spacial score (nSPS) is 11.2. The Morgan fingerprint density at radius 1 is 1.20 bits per heavy atom. The summed E-state index contributed by atoms with van der Waals surface area (Å²) in [6, 6.07) is 10.1. The molecule has 20 heavy (non-hydrogen) atoms. The second kappa shape index (κ2) is 4.31. The van der Waals surface area contributed by atoms with E-state index in [-0.39, 0.29) is 0 Å². The van der Waals surface area contributed by atoms with Crippen LogP contribution in [0, 0.1) is 6.92 Å². The van der Waals surface area contributed by atoms with Crippen molar-refractivity contribution in [1.82, 2.24) is 15.2 Å². The zero-order valence-corrected chi connectivity index (χ0v) is 11.6. The smallest absolute Gasteiger partial charge is 0.154 e. The molecule has 0 bridgehead atoms. The maximum atomic E-state index is 5.88. The summed E-state index contributed by atoms with van der Waals surface area (Å²) in [5.41, 5.74) is 3.87. The molecule has 5 heteroatoms. The van der Waals surface area contributed by atoms with E-state index in [1.54, 1.807) is 17.5 Å². The number of furan rings is 1. The molecule has 3 heterocycles. The zero-order chi connectivity index (χ0) is 13.5. The lowest BCUT2D eigenvalue weighted by molar-refractivity contribution is 0.629. The third-order valence-electron chi connectivity index (χ3n) is 3.16. The summed E-state index contributed by atoms with van der Waals surface area (Å²) in [5, 5.41) is 10.9. The van der Waals surface area contributed by atoms with Crippen molar-refractivity contribution >= 4 is 22.3 Å². The molecular weight excluding hydrogens is 270 g/mol. The molecular formula is C15H11N3OS. The van der Waals surface area contributed by atoms with Crippen LogP contribution in [-0.4, -0.2) is 15.2 Å². The number of hydrogen-bond donors (Lipinski definition) is 1. The van der Waals surface area contributed by atoms with Crippen molar-refractivity contribution in [3.05, 3.63) is 47.5 Å². The van der Waals surface area contributed by atoms with Crippen molar-refractivity contribution in [1.29, 1.82) is 0 Å². The molecule has 0 saturated heterocycles. The number of nitrogens with one attached hydrogen (secondary N) is 1. The highest BCUT2D eigenvalue weighted by Gasteiger charge is 2.11. The van der Waals surface area contributed by atoms with Crippen molar-refractivity contribution in [2.24, 2.45) is 0 Å². The van der Waals surface area contributed by atoms with Crippen LogP contribution in [0.1, 0.15) is 5.56 Å². The summed E-state index contributed by atoms with van der Waals surface area (Å²) in [7, 11) is 0. The highest BCUT2D eigenvalue weighted by molar-refractivity contribution is 7.13. The van der Waals surface area contributed by atoms with E-state index >= 15 is 0 Å². The van der Waals surface area contributed by atoms with Gasteiger partial charge in [0.2, 0.25) is 0 Å². The monoisotopic (exact) mass is 281 g/mol. The van der Waals surface area contributed by atoms with E-state index < -0.39 is 0 Å². The van der Waals surface area contributed by atoms with Crippen LogP contribution in [0.25, 0.3) is 33.1 Å². The fourth-order valence-electron chi connectivity index (χ4n) is 2.15. The topological polar surface area (TPSA) is 54.7 Å². The Labute approximate surface area is 119 Å². The average molecular weight is 281 g/mol. The molecule has 0 amide bonds. The van der Waals surface area contributed by atoms with Gasteiger partial charge in [0.05, 0.1) is 5.69 Å². The Kier molecular flexibility index (Phi) is 2.47. The Morgan fingerprint density at radius 3 is 3.00 bits per heavy atom. The second-order valence-electron chi connectivity index (χ2n) is 4.66. The van der Waals surface area contributed by atoms with Crippen molar-refractivity contribution < 1.29 is 4.42 Å². The molecule has 0 spiro atoms. The first kappa shape index (κ1) is 11.4. The number of aromatic amines is 1. The largest absolute Gasteiger partial charge is 0.454 e. The third kappa shape index (κ3) is 1.83. The van der Waals surface area contributed by atoms with Crippen molar-refractivity contribution in [2.45, 2.75) is 6.92 Å². The van der Waals surface area contributed by atoms with Crippen molar-refractivity contribution in [3.8, 4) is 22.2 Å². The van der Waals surface area contributed by atoms with E-state index in [9.17, 15) is 0 Å². The van der Waals surface area contributed by atoms with E-state index in [0.717, 1.165) is 33.1 Å². The van der Waals surface area contributed by atoms with E-state index in [1.165, 1.54) is 5.56 Å². The lowest BCUT2D eigenvalue weighted by atomic mass is 10.2. The first-order valence-corrected chi connectivity index (χ1v) is 7.13. The third-order valence-corrected chi connectivity index (χ3v) is 4.04. The number of hydrogen-bond acceptors (Lipinski definition) is 4. The number of H-pyrrole nitrogens is 1. The minimum absolute atomic E-state index is 0.799. The number of benzene rings is 1. The van der Waals surface area contributed by atoms with Crippen LogP contribution in [0.15, 0.2) is 46.3 Å². The number of thiazole rings is 1. The van der Waals surface area contributed by atoms with Gasteiger partial charge in [0.1, 0.15) is 16.3 Å². The fraction of sp³-hybridized carbons (Fsp3) is 0.0667. The maximum absolute atomic E-state index is 5.88. The molecule has 4 rings (SSSR count). The van der Waals surface area contributed by atoms with Gasteiger partial charge in [-0.3, -0.25) is 5.10 Å². The van der Waals surface area contributed by atoms with Gasteiger partial charge in [-0.25, -0.2) is 4.98 Å². The van der Waals surface area contributed by atoms with Crippen LogP contribution in [0.2, 0.25) is 0 Å². The maximum Gasteiger partial charge on any atom is 0.154 e. The van der Waals surface area contributed by atoms with Crippen molar-refractivity contribution in [3.63, 3.8) is 0 Å². The number of fused-ring (bicyclic) bond motifs is 1. The molecule has 1 N–H and O–H groups in total. The molecule has 0 radical (unpaired) electrons. The van der Waals surface area contributed by atoms with Gasteiger partial charge >= 0.3 is 0 Å². The molecule has 0 saturated carbocycles. The molecule has 0 aliphatic heterocycles. The Hall–Kier alpha value is -2.40. The van der Waals surface area contributed by atoms with Gasteiger partial charge in [0.15, 0.2) is 5.76 Å². The molecule has 4 nitrogen and oxygen atoms in total. The minimum Gasteiger partial charge on any atom is -0.454 e. The lowest BCUT2D eigenvalue weighted by Crippen LogP contribution is -1.77. The number of aryl methyl sites for hydroxylation is 1. The number of nitrogens with zero attached hydrogens (tertiary/aromatic N) is 2. The first-order valence-electron chi connectivity index (χ1n) is 6.25. The molecule has 0 unspecified atom stereocenters. The summed E-state index contributed by atoms with van der Waals surface area (Å²) in [6.45, 7) is 2.06. The van der Waals surface area contributed by atoms with Gasteiger partial charge in [0, 0.05) is 17.0 Å². The zero-order valence-electron chi connectivity index (χ0n) is 10.8. The highest BCUT2D eigenvalue weighted by Crippen LogP contribution is 2.31. The van der Waals surface area contributed by atoms with Gasteiger partial charge in [-0.1, -0.05) is 12.1 Å². The summed E-state index contributed by atoms with van der Waals surface area (Å²) in [4.78, 5) is 4.59. The standard InChI is InChI=1S/C15H11N3OS/c1-9-2-3-10-7-14(19-13(10)6-9)12-8-20-15(17-12)11-4-5-16-18-11/h2-8H,1H3,(H,16,18). The van der Waals surface area contributed by atoms with Crippen LogP contribution in [0.5, 0.6) is 0 Å². The van der Waals surface area contributed by atoms with E-state index in [0.29, 0.717) is 0 Å². The molecule has 0 fully saturated rings. The predicted octanol–water partition coefficient (Wildman–Crippen LogP) is 4.25. The van der Waals surface area contributed by atoms with Gasteiger partial charge < -0.3 is 4.42 Å². The number of rotatable bonds is 2. The second-order valence-corrected chi connectivity index (χ2v) is 5.52. The molecule has 0 atom stereocenters. The Morgan fingerprint density at radius 2 is 2.15 bits per heavy atom. The van der Waals surface area contributed by atoms with E-state index in [2.05, 4.69) is 34.2 Å². The van der Waals surface area contributed by atoms with Crippen LogP contribution in [0.4, 0.5) is 0 Å². The van der Waals surface area contributed by atoms with Crippen LogP contribution >= 0.6 is 11.3 Å². The van der Waals surface area contributed by atoms with Crippen molar-refractivity contribution in [2.75, 3.05) is 0 Å². The molecule has 0 aliphatic carbocycles. The summed E-state index contributed by atoms with van der Waals surface area (Å²) in [6.07, 6.45) is 1.72. The van der Waals surface area contributed by atoms with Crippen LogP contribution in [-0.2, 0) is 0 Å². The Bertz CT molecular complexity index is 874. The quantitative estimate of drug-likeness (QED) is 0.597. The lowest BCUT2D eigenvalue weighted by Gasteiger charge is -1.90. The summed E-state index contributed by atoms with van der Waals surface area (Å²) >= 11 is 1.57. The highest BCUT2D eigenvalue weighted by atomic mass is 32.1. The SMILES string of the molecule is Cc1ccc2cc(-c3csc(-c4ccn[nH]4)n3)oc2c1. The Balaban J connectivity index is 1.79. The molecule has 98 valence electrons. The molecule has 3 aromatic heterocycles. The number of aromatic nitrogens is 3. The van der Waals surface area contributed by atoms with Gasteiger partial charge in [-0.05, 0) is 30.7 Å². The minimum atomic E-state index is 0.799. The van der Waals surface area contributed by atoms with Gasteiger partial charge in [0.25, 0.3) is 0 Å². The summed E-state index contributed by atoms with van der Waals surface area (Å²) < 4.78 is 5.88. The van der Waals surface area contributed by atoms with Crippen LogP contribution < -0.4 is 0 Å². The van der Waals surface area contributed by atoms with Crippen LogP contribution in [0.3, 0.4) is 0 Å². The first-order chi connectivity index (χ1) is 9.79. The molecule has 4 aromatic rings. The average Bonchev–Trinajstić information content (AvgIpc) is 3.17. The molecule has 1 aromatic carbocycles. The summed E-state index contributed by atoms with van der Waals surface area (Å²) in [5.74, 6) is 0.799.